The Hall–Kier alpha value is -1.39. The molecule has 0 aliphatic carbocycles. The van der Waals surface area contributed by atoms with Crippen molar-refractivity contribution in [2.45, 2.75) is 26.1 Å². The van der Waals surface area contributed by atoms with E-state index in [1.54, 1.807) is 0 Å². The Bertz CT molecular complexity index is 824. The molecule has 1 atom stereocenters. The van der Waals surface area contributed by atoms with Gasteiger partial charge in [-0.2, -0.15) is 0 Å². The number of fused-ring (bicyclic) bond motifs is 1. The first-order valence-electron chi connectivity index (χ1n) is 6.73. The summed E-state index contributed by atoms with van der Waals surface area (Å²) in [5.41, 5.74) is 4.95. The molecule has 3 rings (SSSR count). The van der Waals surface area contributed by atoms with E-state index in [0.29, 0.717) is 0 Å². The summed E-state index contributed by atoms with van der Waals surface area (Å²) < 4.78 is 3.06. The number of pyridine rings is 1. The van der Waals surface area contributed by atoms with Crippen LogP contribution in [0.2, 0.25) is 0 Å². The third-order valence-electron chi connectivity index (χ3n) is 3.43. The first-order valence-corrected chi connectivity index (χ1v) is 7.96. The van der Waals surface area contributed by atoms with Crippen LogP contribution in [0.3, 0.4) is 0 Å². The van der Waals surface area contributed by atoms with Crippen LogP contribution in [0.4, 0.5) is 0 Å². The molecule has 108 valence electrons. The summed E-state index contributed by atoms with van der Waals surface area (Å²) in [4.78, 5) is 9.22. The molecule has 5 heteroatoms. The molecule has 3 nitrogen and oxygen atoms in total. The number of hydrogen-bond donors (Lipinski definition) is 0. The van der Waals surface area contributed by atoms with Gasteiger partial charge in [0.25, 0.3) is 0 Å². The van der Waals surface area contributed by atoms with Gasteiger partial charge in [-0.25, -0.2) is 9.97 Å². The number of hydrogen-bond acceptors (Lipinski definition) is 2. The first-order chi connectivity index (χ1) is 9.99. The van der Waals surface area contributed by atoms with Crippen molar-refractivity contribution in [1.82, 2.24) is 14.5 Å². The van der Waals surface area contributed by atoms with Gasteiger partial charge in [0.15, 0.2) is 5.65 Å². The van der Waals surface area contributed by atoms with Gasteiger partial charge in [-0.3, -0.25) is 4.57 Å². The van der Waals surface area contributed by atoms with E-state index >= 15 is 0 Å². The Labute approximate surface area is 137 Å². The fourth-order valence-corrected chi connectivity index (χ4v) is 2.98. The molecule has 3 aromatic rings. The highest BCUT2D eigenvalue weighted by Gasteiger charge is 2.19. The van der Waals surface area contributed by atoms with Gasteiger partial charge < -0.3 is 0 Å². The van der Waals surface area contributed by atoms with E-state index in [4.69, 9.17) is 11.6 Å². The van der Waals surface area contributed by atoms with E-state index in [1.165, 1.54) is 0 Å². The molecule has 2 heterocycles. The third-order valence-corrected chi connectivity index (χ3v) is 4.65. The maximum Gasteiger partial charge on any atom is 0.164 e. The number of imidazole rings is 1. The summed E-state index contributed by atoms with van der Waals surface area (Å²) in [5.74, 6) is 0.802. The summed E-state index contributed by atoms with van der Waals surface area (Å²) in [5, 5.41) is -0.202. The third kappa shape index (κ3) is 2.47. The van der Waals surface area contributed by atoms with Crippen molar-refractivity contribution in [3.8, 4) is 5.69 Å². The molecule has 0 aliphatic rings. The molecule has 0 saturated heterocycles. The van der Waals surface area contributed by atoms with Gasteiger partial charge >= 0.3 is 0 Å². The van der Waals surface area contributed by atoms with Crippen LogP contribution in [-0.4, -0.2) is 14.5 Å². The Balaban J connectivity index is 2.39. The second-order valence-corrected chi connectivity index (χ2v) is 6.63. The lowest BCUT2D eigenvalue weighted by Crippen LogP contribution is -2.04. The van der Waals surface area contributed by atoms with Crippen LogP contribution >= 0.6 is 27.5 Å². The normalized spacial score (nSPS) is 12.8. The van der Waals surface area contributed by atoms with Crippen molar-refractivity contribution in [3.05, 3.63) is 51.9 Å². The summed E-state index contributed by atoms with van der Waals surface area (Å²) >= 11 is 10.0. The zero-order valence-corrected chi connectivity index (χ0v) is 14.4. The molecular formula is C16H15BrClN3. The van der Waals surface area contributed by atoms with Crippen LogP contribution in [0.1, 0.15) is 29.3 Å². The topological polar surface area (TPSA) is 30.7 Å². The molecule has 1 unspecified atom stereocenters. The predicted octanol–water partition coefficient (Wildman–Crippen LogP) is 5.10. The Morgan fingerprint density at radius 1 is 1.29 bits per heavy atom. The molecule has 0 aliphatic heterocycles. The maximum absolute atomic E-state index is 6.34. The van der Waals surface area contributed by atoms with E-state index in [9.17, 15) is 0 Å². The molecule has 2 aromatic heterocycles. The standard InChI is InChI=1S/C16H15BrClN3/c1-9-7-12-16(19-8-9)21(15(20-12)11(3)18)13-6-4-5-10(2)14(13)17/h4-8,11H,1-3H3. The van der Waals surface area contributed by atoms with E-state index in [2.05, 4.69) is 38.9 Å². The van der Waals surface area contributed by atoms with Crippen molar-refractivity contribution in [2.24, 2.45) is 0 Å². The van der Waals surface area contributed by atoms with Crippen LogP contribution in [0.25, 0.3) is 16.9 Å². The van der Waals surface area contributed by atoms with Gasteiger partial charge in [0.05, 0.1) is 11.1 Å². The Morgan fingerprint density at radius 3 is 2.76 bits per heavy atom. The van der Waals surface area contributed by atoms with E-state index in [0.717, 1.165) is 38.3 Å². The second kappa shape index (κ2) is 5.43. The monoisotopic (exact) mass is 363 g/mol. The first kappa shape index (κ1) is 14.5. The highest BCUT2D eigenvalue weighted by molar-refractivity contribution is 9.10. The highest BCUT2D eigenvalue weighted by atomic mass is 79.9. The smallest absolute Gasteiger partial charge is 0.164 e. The summed E-state index contributed by atoms with van der Waals surface area (Å²) in [6.07, 6.45) is 1.85. The second-order valence-electron chi connectivity index (χ2n) is 5.18. The lowest BCUT2D eigenvalue weighted by atomic mass is 10.2. The zero-order valence-electron chi connectivity index (χ0n) is 12.1. The number of aryl methyl sites for hydroxylation is 2. The van der Waals surface area contributed by atoms with Crippen molar-refractivity contribution >= 4 is 38.7 Å². The molecule has 0 bridgehead atoms. The van der Waals surface area contributed by atoms with Crippen LogP contribution in [0, 0.1) is 13.8 Å². The van der Waals surface area contributed by atoms with E-state index in [-0.39, 0.29) is 5.38 Å². The fraction of sp³-hybridized carbons (Fsp3) is 0.250. The lowest BCUT2D eigenvalue weighted by molar-refractivity contribution is 0.873. The summed E-state index contributed by atoms with van der Waals surface area (Å²) in [7, 11) is 0. The average molecular weight is 365 g/mol. The van der Waals surface area contributed by atoms with Gasteiger partial charge in [-0.05, 0) is 60.0 Å². The molecule has 1 aromatic carbocycles. The largest absolute Gasteiger partial charge is 0.278 e. The van der Waals surface area contributed by atoms with E-state index < -0.39 is 0 Å². The highest BCUT2D eigenvalue weighted by Crippen LogP contribution is 2.32. The van der Waals surface area contributed by atoms with Crippen molar-refractivity contribution in [2.75, 3.05) is 0 Å². The van der Waals surface area contributed by atoms with Gasteiger partial charge in [-0.1, -0.05) is 12.1 Å². The summed E-state index contributed by atoms with van der Waals surface area (Å²) in [6, 6.07) is 8.17. The van der Waals surface area contributed by atoms with Gasteiger partial charge in [0.1, 0.15) is 11.3 Å². The number of alkyl halides is 1. The van der Waals surface area contributed by atoms with Crippen LogP contribution in [-0.2, 0) is 0 Å². The van der Waals surface area contributed by atoms with Crippen molar-refractivity contribution in [1.29, 1.82) is 0 Å². The van der Waals surface area contributed by atoms with Crippen LogP contribution in [0.5, 0.6) is 0 Å². The Kier molecular flexibility index (Phi) is 3.76. The number of benzene rings is 1. The fourth-order valence-electron chi connectivity index (χ4n) is 2.39. The van der Waals surface area contributed by atoms with Crippen molar-refractivity contribution < 1.29 is 0 Å². The van der Waals surface area contributed by atoms with E-state index in [1.807, 2.05) is 42.8 Å². The molecule has 0 fully saturated rings. The molecule has 0 spiro atoms. The van der Waals surface area contributed by atoms with Gasteiger partial charge in [-0.15, -0.1) is 11.6 Å². The Morgan fingerprint density at radius 2 is 2.05 bits per heavy atom. The average Bonchev–Trinajstić information content (AvgIpc) is 2.80. The SMILES string of the molecule is Cc1cnc2c(c1)nc(C(C)Cl)n2-c1cccc(C)c1Br. The zero-order chi connectivity index (χ0) is 15.1. The summed E-state index contributed by atoms with van der Waals surface area (Å²) in [6.45, 7) is 6.00. The number of aromatic nitrogens is 3. The number of halogens is 2. The minimum atomic E-state index is -0.202. The van der Waals surface area contributed by atoms with Gasteiger partial charge in [0, 0.05) is 10.7 Å². The van der Waals surface area contributed by atoms with Gasteiger partial charge in [0.2, 0.25) is 0 Å². The van der Waals surface area contributed by atoms with Crippen LogP contribution < -0.4 is 0 Å². The molecule has 0 saturated carbocycles. The van der Waals surface area contributed by atoms with Crippen LogP contribution in [0.15, 0.2) is 34.9 Å². The molecular weight excluding hydrogens is 350 g/mol. The maximum atomic E-state index is 6.34. The molecule has 0 radical (unpaired) electrons. The quantitative estimate of drug-likeness (QED) is 0.592. The predicted molar refractivity (Wildman–Crippen MR) is 90.3 cm³/mol. The minimum absolute atomic E-state index is 0.202. The molecule has 21 heavy (non-hydrogen) atoms. The number of nitrogens with zero attached hydrogens (tertiary/aromatic N) is 3. The lowest BCUT2D eigenvalue weighted by Gasteiger charge is -2.13. The van der Waals surface area contributed by atoms with Crippen molar-refractivity contribution in [3.63, 3.8) is 0 Å². The molecule has 0 N–H and O–H groups in total. The number of rotatable bonds is 2. The minimum Gasteiger partial charge on any atom is -0.278 e. The molecule has 0 amide bonds.